The number of nitrogens with one attached hydrogen (secondary N) is 2. The highest BCUT2D eigenvalue weighted by atomic mass is 79.9. The quantitative estimate of drug-likeness (QED) is 0.139. The maximum atomic E-state index is 13.0. The van der Waals surface area contributed by atoms with Crippen LogP contribution in [0.4, 0.5) is 9.59 Å². The summed E-state index contributed by atoms with van der Waals surface area (Å²) in [6.45, 7) is 11.4. The molecule has 2 aliphatic carbocycles. The Morgan fingerprint density at radius 2 is 1.24 bits per heavy atom. The van der Waals surface area contributed by atoms with Gasteiger partial charge in [0.25, 0.3) is 11.8 Å². The van der Waals surface area contributed by atoms with Crippen LogP contribution in [0, 0.1) is 0 Å². The summed E-state index contributed by atoms with van der Waals surface area (Å²) in [6, 6.07) is 8.67. The zero-order valence-corrected chi connectivity index (χ0v) is 34.5. The summed E-state index contributed by atoms with van der Waals surface area (Å²) < 4.78 is 8.99. The number of rotatable bonds is 4. The van der Waals surface area contributed by atoms with Crippen molar-refractivity contribution in [3.8, 4) is 0 Å². The second kappa shape index (κ2) is 16.5. The van der Waals surface area contributed by atoms with Crippen molar-refractivity contribution < 1.29 is 39.2 Å². The molecule has 2 aliphatic rings. The summed E-state index contributed by atoms with van der Waals surface area (Å²) in [6.07, 6.45) is 3.00. The largest absolute Gasteiger partial charge is 0.463 e. The first-order valence-corrected chi connectivity index (χ1v) is 19.7. The van der Waals surface area contributed by atoms with Crippen molar-refractivity contribution in [3.63, 3.8) is 0 Å². The van der Waals surface area contributed by atoms with Gasteiger partial charge in [0, 0.05) is 31.8 Å². The molecule has 0 unspecified atom stereocenters. The average molecular weight is 877 g/mol. The first kappa shape index (κ1) is 41.3. The number of fused-ring (bicyclic) bond motifs is 2. The molecule has 16 heteroatoms. The summed E-state index contributed by atoms with van der Waals surface area (Å²) in [7, 11) is 0. The third-order valence-corrected chi connectivity index (χ3v) is 10.6. The van der Waals surface area contributed by atoms with E-state index in [-0.39, 0.29) is 52.9 Å². The average Bonchev–Trinajstić information content (AvgIpc) is 3.65. The van der Waals surface area contributed by atoms with Crippen LogP contribution in [0.2, 0.25) is 0 Å². The monoisotopic (exact) mass is 874 g/mol. The van der Waals surface area contributed by atoms with Crippen LogP contribution >= 0.6 is 31.9 Å². The van der Waals surface area contributed by atoms with Crippen LogP contribution in [-0.2, 0) is 10.2 Å². The number of hydrogen-bond donors (Lipinski definition) is 5. The number of carbonyl (C=O) groups excluding carboxylic acids is 3. The predicted molar refractivity (Wildman–Crippen MR) is 210 cm³/mol. The number of carbonyl (C=O) groups is 4. The Balaban J connectivity index is 0.000000208. The van der Waals surface area contributed by atoms with Gasteiger partial charge in [-0.2, -0.15) is 19.6 Å². The lowest BCUT2D eigenvalue weighted by Crippen LogP contribution is -2.39. The van der Waals surface area contributed by atoms with E-state index in [9.17, 15) is 34.5 Å². The molecule has 0 atom stereocenters. The van der Waals surface area contributed by atoms with Gasteiger partial charge in [-0.1, -0.05) is 52.6 Å². The first-order chi connectivity index (χ1) is 25.2. The summed E-state index contributed by atoms with van der Waals surface area (Å²) in [5, 5.41) is 44.2. The third kappa shape index (κ3) is 9.68. The molecule has 14 nitrogen and oxygen atoms in total. The Kier molecular flexibility index (Phi) is 12.6. The number of aliphatic hydroxyl groups is 2. The molecule has 4 aromatic rings. The van der Waals surface area contributed by atoms with Crippen molar-refractivity contribution in [1.82, 2.24) is 30.2 Å². The number of carboxylic acid groups (broad SMARTS) is 1. The fraction of sp³-hybridized carbons (Fsp3) is 0.526. The SMILES string of the molecule is CC(C)(C)OC(=O)n1nc(C(=O)NC2CCC(O)CC2)c2cc(Br)ccc21.CC(C)(C)c1c(Br)ccc2c1c(C(=O)NC1CCC(O)CC1)nn2C(=O)O. The lowest BCUT2D eigenvalue weighted by atomic mass is 9.84. The zero-order valence-electron chi connectivity index (χ0n) is 31.3. The predicted octanol–water partition coefficient (Wildman–Crippen LogP) is 7.27. The van der Waals surface area contributed by atoms with Gasteiger partial charge in [0.1, 0.15) is 5.60 Å². The molecule has 0 bridgehead atoms. The van der Waals surface area contributed by atoms with E-state index in [1.54, 1.807) is 51.1 Å². The summed E-state index contributed by atoms with van der Waals surface area (Å²) in [4.78, 5) is 50.0. The van der Waals surface area contributed by atoms with Crippen LogP contribution < -0.4 is 10.6 Å². The maximum Gasteiger partial charge on any atom is 0.435 e. The number of aliphatic hydroxyl groups excluding tert-OH is 2. The van der Waals surface area contributed by atoms with E-state index in [0.717, 1.165) is 36.7 Å². The number of aromatic nitrogens is 4. The van der Waals surface area contributed by atoms with Crippen molar-refractivity contribution in [1.29, 1.82) is 0 Å². The van der Waals surface area contributed by atoms with E-state index < -0.39 is 17.8 Å². The van der Waals surface area contributed by atoms with Gasteiger partial charge in [-0.3, -0.25) is 9.59 Å². The fourth-order valence-electron chi connectivity index (χ4n) is 6.87. The Hall–Kier alpha value is -3.86. The van der Waals surface area contributed by atoms with E-state index in [4.69, 9.17) is 4.74 Å². The Morgan fingerprint density at radius 3 is 1.74 bits per heavy atom. The maximum absolute atomic E-state index is 13.0. The van der Waals surface area contributed by atoms with Gasteiger partial charge in [-0.05, 0) is 113 Å². The van der Waals surface area contributed by atoms with Gasteiger partial charge >= 0.3 is 12.2 Å². The lowest BCUT2D eigenvalue weighted by Gasteiger charge is -2.26. The third-order valence-electron chi connectivity index (χ3n) is 9.43. The molecule has 2 amide bonds. The number of halogens is 2. The zero-order chi connectivity index (χ0) is 39.7. The molecule has 6 rings (SSSR count). The van der Waals surface area contributed by atoms with Crippen LogP contribution in [0.5, 0.6) is 0 Å². The van der Waals surface area contributed by atoms with Crippen molar-refractivity contribution in [2.24, 2.45) is 0 Å². The number of benzene rings is 2. The molecule has 5 N–H and O–H groups in total. The highest BCUT2D eigenvalue weighted by Crippen LogP contribution is 2.38. The van der Waals surface area contributed by atoms with Gasteiger partial charge in [0.05, 0.1) is 23.2 Å². The Labute approximate surface area is 330 Å². The second-order valence-corrected chi connectivity index (χ2v) is 17.7. The minimum Gasteiger partial charge on any atom is -0.463 e. The van der Waals surface area contributed by atoms with Gasteiger partial charge in [0.2, 0.25) is 0 Å². The van der Waals surface area contributed by atoms with Gasteiger partial charge in [-0.15, -0.1) is 0 Å². The fourth-order valence-corrected chi connectivity index (χ4v) is 8.16. The number of amides is 2. The van der Waals surface area contributed by atoms with E-state index in [0.29, 0.717) is 60.3 Å². The highest BCUT2D eigenvalue weighted by Gasteiger charge is 2.31. The topological polar surface area (TPSA) is 198 Å². The molecule has 54 heavy (non-hydrogen) atoms. The highest BCUT2D eigenvalue weighted by molar-refractivity contribution is 9.10. The molecule has 0 aliphatic heterocycles. The molecule has 2 aromatic carbocycles. The van der Waals surface area contributed by atoms with Gasteiger partial charge in [0.15, 0.2) is 11.4 Å². The van der Waals surface area contributed by atoms with Crippen molar-refractivity contribution in [3.05, 3.63) is 56.2 Å². The lowest BCUT2D eigenvalue weighted by molar-refractivity contribution is 0.0521. The molecule has 0 radical (unpaired) electrons. The Bertz CT molecular complexity index is 2050. The minimum atomic E-state index is -1.23. The smallest absolute Gasteiger partial charge is 0.435 e. The molecule has 0 spiro atoms. The number of nitrogens with zero attached hydrogens (tertiary/aromatic N) is 4. The van der Waals surface area contributed by atoms with Crippen LogP contribution in [0.15, 0.2) is 39.3 Å². The number of hydrogen-bond acceptors (Lipinski definition) is 9. The normalized spacial score (nSPS) is 20.6. The molecule has 2 fully saturated rings. The van der Waals surface area contributed by atoms with Crippen LogP contribution in [-0.4, -0.2) is 88.8 Å². The van der Waals surface area contributed by atoms with Crippen LogP contribution in [0.1, 0.15) is 119 Å². The summed E-state index contributed by atoms with van der Waals surface area (Å²) in [5.74, 6) is -0.716. The van der Waals surface area contributed by atoms with Crippen molar-refractivity contribution in [2.75, 3.05) is 0 Å². The summed E-state index contributed by atoms with van der Waals surface area (Å²) in [5.41, 5.74) is 1.05. The molecule has 292 valence electrons. The van der Waals surface area contributed by atoms with E-state index in [2.05, 4.69) is 52.7 Å². The minimum absolute atomic E-state index is 0.00483. The Morgan fingerprint density at radius 1 is 0.741 bits per heavy atom. The van der Waals surface area contributed by atoms with Crippen molar-refractivity contribution in [2.45, 2.75) is 128 Å². The van der Waals surface area contributed by atoms with E-state index in [1.165, 1.54) is 0 Å². The van der Waals surface area contributed by atoms with Crippen LogP contribution in [0.3, 0.4) is 0 Å². The molecule has 2 saturated carbocycles. The molecular weight excluding hydrogens is 828 g/mol. The molecule has 2 heterocycles. The van der Waals surface area contributed by atoms with Crippen LogP contribution in [0.25, 0.3) is 21.8 Å². The second-order valence-electron chi connectivity index (χ2n) is 16.0. The van der Waals surface area contributed by atoms with E-state index in [1.807, 2.05) is 20.8 Å². The standard InChI is InChI=1S/2C19H24BrN3O4/c1-19(2,3)27-18(26)23-15-9-4-11(20)10-14(15)16(22-23)17(25)21-12-5-7-13(24)8-6-12;1-19(2,3)15-12(20)8-9-13-14(15)16(22-23(13)18(26)27)17(25)21-10-4-6-11(24)7-5-10/h4,9-10,12-13,24H,5-8H2,1-3H3,(H,21,25);8-11,24H,4-7H2,1-3H3,(H,21,25)(H,26,27). The molecule has 2 aromatic heterocycles. The first-order valence-electron chi connectivity index (χ1n) is 18.1. The molecule has 0 saturated heterocycles. The van der Waals surface area contributed by atoms with Gasteiger partial charge in [-0.25, -0.2) is 9.59 Å². The number of ether oxygens (including phenoxy) is 1. The summed E-state index contributed by atoms with van der Waals surface area (Å²) >= 11 is 6.95. The van der Waals surface area contributed by atoms with E-state index >= 15 is 0 Å². The molecular formula is C38H48Br2N6O8. The van der Waals surface area contributed by atoms with Crippen molar-refractivity contribution >= 4 is 77.7 Å². The van der Waals surface area contributed by atoms with Gasteiger partial charge < -0.3 is 30.7 Å².